The van der Waals surface area contributed by atoms with Crippen LogP contribution in [0.2, 0.25) is 0 Å². The van der Waals surface area contributed by atoms with Gasteiger partial charge in [-0.2, -0.15) is 0 Å². The van der Waals surface area contributed by atoms with Crippen molar-refractivity contribution in [3.63, 3.8) is 0 Å². The minimum Gasteiger partial charge on any atom is -0.459 e. The van der Waals surface area contributed by atoms with Gasteiger partial charge in [-0.05, 0) is 57.7 Å². The lowest BCUT2D eigenvalue weighted by Crippen LogP contribution is -2.13. The number of carbonyl (C=O) groups is 1. The number of aryl methyl sites for hydroxylation is 1. The van der Waals surface area contributed by atoms with Crippen LogP contribution < -0.4 is 0 Å². The summed E-state index contributed by atoms with van der Waals surface area (Å²) in [6.45, 7) is 7.11. The molecule has 1 aromatic carbocycles. The molecule has 1 aliphatic carbocycles. The normalized spacial score (nSPS) is 17.3. The Morgan fingerprint density at radius 3 is 2.70 bits per heavy atom. The summed E-state index contributed by atoms with van der Waals surface area (Å²) >= 11 is 0. The van der Waals surface area contributed by atoms with Crippen molar-refractivity contribution >= 4 is 5.97 Å². The summed E-state index contributed by atoms with van der Waals surface area (Å²) in [5, 5.41) is 8.71. The topological polar surface area (TPSA) is 66.2 Å². The van der Waals surface area contributed by atoms with Crippen molar-refractivity contribution < 1.29 is 14.3 Å². The Morgan fingerprint density at radius 2 is 2.00 bits per heavy atom. The van der Waals surface area contributed by atoms with Crippen molar-refractivity contribution in [3.8, 4) is 0 Å². The molecule has 0 fully saturated rings. The Morgan fingerprint density at radius 1 is 1.22 bits per heavy atom. The molecule has 1 heterocycles. The highest BCUT2D eigenvalue weighted by Crippen LogP contribution is 2.30. The molecule has 1 unspecified atom stereocenters. The van der Waals surface area contributed by atoms with E-state index in [1.165, 1.54) is 18.5 Å². The Labute approximate surface area is 160 Å². The van der Waals surface area contributed by atoms with Crippen molar-refractivity contribution in [3.05, 3.63) is 46.8 Å². The van der Waals surface area contributed by atoms with Crippen LogP contribution in [0.3, 0.4) is 0 Å². The number of ether oxygens (including phenoxy) is 2. The van der Waals surface area contributed by atoms with Crippen LogP contribution in [0.4, 0.5) is 0 Å². The van der Waals surface area contributed by atoms with Crippen molar-refractivity contribution in [2.24, 2.45) is 0 Å². The van der Waals surface area contributed by atoms with Gasteiger partial charge in [-0.25, -0.2) is 9.48 Å². The van der Waals surface area contributed by atoms with Gasteiger partial charge in [0.05, 0.1) is 24.0 Å². The standard InChI is InChI=1S/C21H29N3O3/c1-4-24-18-8-6-5-7-9-19(20(18)22-23-24)26-14-16-10-12-17(13-11-16)21(25)27-15(2)3/h10-13,15,19H,4-9,14H2,1-3H3. The van der Waals surface area contributed by atoms with Crippen LogP contribution in [0.15, 0.2) is 24.3 Å². The molecule has 0 spiro atoms. The number of hydrogen-bond acceptors (Lipinski definition) is 5. The van der Waals surface area contributed by atoms with E-state index in [0.29, 0.717) is 12.2 Å². The van der Waals surface area contributed by atoms with E-state index >= 15 is 0 Å². The molecule has 0 saturated carbocycles. The first-order chi connectivity index (χ1) is 13.1. The van der Waals surface area contributed by atoms with E-state index in [0.717, 1.165) is 37.1 Å². The van der Waals surface area contributed by atoms with Crippen LogP contribution in [0.5, 0.6) is 0 Å². The molecule has 0 bridgehead atoms. The first-order valence-electron chi connectivity index (χ1n) is 9.92. The van der Waals surface area contributed by atoms with Gasteiger partial charge in [0.15, 0.2) is 0 Å². The number of nitrogens with zero attached hydrogens (tertiary/aromatic N) is 3. The number of benzene rings is 1. The fourth-order valence-electron chi connectivity index (χ4n) is 3.42. The maximum atomic E-state index is 11.9. The maximum Gasteiger partial charge on any atom is 0.338 e. The predicted octanol–water partition coefficient (Wildman–Crippen LogP) is 4.24. The number of rotatable bonds is 6. The molecule has 0 amide bonds. The lowest BCUT2D eigenvalue weighted by atomic mass is 9.98. The number of esters is 1. The zero-order valence-electron chi connectivity index (χ0n) is 16.5. The Kier molecular flexibility index (Phi) is 6.61. The molecule has 146 valence electrons. The smallest absolute Gasteiger partial charge is 0.338 e. The molecule has 2 aromatic rings. The monoisotopic (exact) mass is 371 g/mol. The molecule has 27 heavy (non-hydrogen) atoms. The maximum absolute atomic E-state index is 11.9. The van der Waals surface area contributed by atoms with Gasteiger partial charge in [0.25, 0.3) is 0 Å². The summed E-state index contributed by atoms with van der Waals surface area (Å²) in [5.74, 6) is -0.293. The number of fused-ring (bicyclic) bond motifs is 1. The van der Waals surface area contributed by atoms with E-state index in [9.17, 15) is 4.79 Å². The van der Waals surface area contributed by atoms with E-state index in [4.69, 9.17) is 9.47 Å². The lowest BCUT2D eigenvalue weighted by Gasteiger charge is -2.20. The largest absolute Gasteiger partial charge is 0.459 e. The summed E-state index contributed by atoms with van der Waals surface area (Å²) < 4.78 is 13.4. The first-order valence-corrected chi connectivity index (χ1v) is 9.92. The van der Waals surface area contributed by atoms with Gasteiger partial charge in [-0.15, -0.1) is 5.10 Å². The van der Waals surface area contributed by atoms with Crippen LogP contribution in [0, 0.1) is 0 Å². The highest BCUT2D eigenvalue weighted by atomic mass is 16.5. The average Bonchev–Trinajstić information content (AvgIpc) is 3.03. The first kappa shape index (κ1) is 19.5. The zero-order valence-corrected chi connectivity index (χ0v) is 16.5. The third kappa shape index (κ3) is 4.95. The molecule has 1 aliphatic rings. The molecule has 1 aromatic heterocycles. The second-order valence-corrected chi connectivity index (χ2v) is 7.29. The predicted molar refractivity (Wildman–Crippen MR) is 102 cm³/mol. The minimum atomic E-state index is -0.293. The summed E-state index contributed by atoms with van der Waals surface area (Å²) in [4.78, 5) is 11.9. The number of hydrogen-bond donors (Lipinski definition) is 0. The molecule has 0 aliphatic heterocycles. The highest BCUT2D eigenvalue weighted by molar-refractivity contribution is 5.89. The van der Waals surface area contributed by atoms with Gasteiger partial charge in [-0.1, -0.05) is 30.2 Å². The van der Waals surface area contributed by atoms with E-state index in [1.807, 2.05) is 30.7 Å². The van der Waals surface area contributed by atoms with Crippen molar-refractivity contribution in [2.75, 3.05) is 0 Å². The summed E-state index contributed by atoms with van der Waals surface area (Å²) in [5.41, 5.74) is 3.80. The second-order valence-electron chi connectivity index (χ2n) is 7.29. The van der Waals surface area contributed by atoms with Crippen LogP contribution >= 0.6 is 0 Å². The van der Waals surface area contributed by atoms with Crippen LogP contribution in [-0.2, 0) is 29.0 Å². The van der Waals surface area contributed by atoms with E-state index in [2.05, 4.69) is 17.2 Å². The van der Waals surface area contributed by atoms with Crippen LogP contribution in [-0.4, -0.2) is 27.1 Å². The molecule has 1 atom stereocenters. The van der Waals surface area contributed by atoms with Gasteiger partial charge >= 0.3 is 5.97 Å². The van der Waals surface area contributed by atoms with E-state index in [1.54, 1.807) is 12.1 Å². The second kappa shape index (κ2) is 9.13. The summed E-state index contributed by atoms with van der Waals surface area (Å²) in [6, 6.07) is 7.42. The van der Waals surface area contributed by atoms with E-state index < -0.39 is 0 Å². The SMILES string of the molecule is CCn1nnc2c1CCCCCC2OCc1ccc(C(=O)OC(C)C)cc1. The van der Waals surface area contributed by atoms with Gasteiger partial charge in [-0.3, -0.25) is 0 Å². The number of carbonyl (C=O) groups excluding carboxylic acids is 1. The fraction of sp³-hybridized carbons (Fsp3) is 0.571. The molecule has 6 heteroatoms. The van der Waals surface area contributed by atoms with Crippen molar-refractivity contribution in [2.45, 2.75) is 78.2 Å². The Hall–Kier alpha value is -2.21. The van der Waals surface area contributed by atoms with Crippen molar-refractivity contribution in [1.29, 1.82) is 0 Å². The summed E-state index contributed by atoms with van der Waals surface area (Å²) in [6.07, 6.45) is 5.37. The summed E-state index contributed by atoms with van der Waals surface area (Å²) in [7, 11) is 0. The molecule has 0 saturated heterocycles. The van der Waals surface area contributed by atoms with Gasteiger partial charge in [0.2, 0.25) is 0 Å². The van der Waals surface area contributed by atoms with Gasteiger partial charge in [0, 0.05) is 6.54 Å². The third-order valence-electron chi connectivity index (χ3n) is 4.84. The minimum absolute atomic E-state index is 0.0221. The van der Waals surface area contributed by atoms with Crippen LogP contribution in [0.25, 0.3) is 0 Å². The van der Waals surface area contributed by atoms with E-state index in [-0.39, 0.29) is 18.2 Å². The quantitative estimate of drug-likeness (QED) is 0.711. The molecular formula is C21H29N3O3. The lowest BCUT2D eigenvalue weighted by molar-refractivity contribution is 0.0275. The average molecular weight is 371 g/mol. The molecule has 3 rings (SSSR count). The molecular weight excluding hydrogens is 342 g/mol. The molecule has 6 nitrogen and oxygen atoms in total. The highest BCUT2D eigenvalue weighted by Gasteiger charge is 2.24. The van der Waals surface area contributed by atoms with Crippen LogP contribution in [0.1, 0.15) is 79.9 Å². The Balaban J connectivity index is 1.66. The zero-order chi connectivity index (χ0) is 19.2. The van der Waals surface area contributed by atoms with Gasteiger partial charge in [0.1, 0.15) is 11.8 Å². The Bertz CT molecular complexity index is 753. The third-order valence-corrected chi connectivity index (χ3v) is 4.84. The fourth-order valence-corrected chi connectivity index (χ4v) is 3.42. The van der Waals surface area contributed by atoms with Crippen molar-refractivity contribution in [1.82, 2.24) is 15.0 Å². The number of aromatic nitrogens is 3. The molecule has 0 N–H and O–H groups in total. The van der Waals surface area contributed by atoms with Gasteiger partial charge < -0.3 is 9.47 Å². The molecule has 0 radical (unpaired) electrons.